The molecule has 3 aromatic rings. The average Bonchev–Trinajstić information content (AvgIpc) is 2.90. The molecule has 1 heterocycles. The van der Waals surface area contributed by atoms with E-state index in [0.29, 0.717) is 16.3 Å². The molecule has 1 amide bonds. The molecule has 0 aliphatic carbocycles. The first-order valence-electron chi connectivity index (χ1n) is 13.4. The summed E-state index contributed by atoms with van der Waals surface area (Å²) in [5, 5.41) is 9.99. The number of pyridine rings is 1. The van der Waals surface area contributed by atoms with Crippen molar-refractivity contribution in [2.24, 2.45) is 0 Å². The second-order valence-corrected chi connectivity index (χ2v) is 11.3. The number of amides is 1. The molecule has 0 aliphatic heterocycles. The first kappa shape index (κ1) is 33.7. The summed E-state index contributed by atoms with van der Waals surface area (Å²) in [5.41, 5.74) is -0.0839. The van der Waals surface area contributed by atoms with Gasteiger partial charge in [0.1, 0.15) is 35.3 Å². The van der Waals surface area contributed by atoms with Crippen molar-refractivity contribution >= 4 is 58.5 Å². The minimum Gasteiger partial charge on any atom is -0.514 e. The normalized spacial score (nSPS) is 12.4. The van der Waals surface area contributed by atoms with Crippen molar-refractivity contribution in [3.05, 3.63) is 81.2 Å². The number of carboxylic acid groups (broad SMARTS) is 1. The topological polar surface area (TPSA) is 124 Å². The van der Waals surface area contributed by atoms with Crippen molar-refractivity contribution in [1.82, 2.24) is 4.57 Å². The van der Waals surface area contributed by atoms with Gasteiger partial charge >= 0.3 is 5.97 Å². The maximum atomic E-state index is 13.7. The summed E-state index contributed by atoms with van der Waals surface area (Å²) in [6.45, 7) is 7.34. The summed E-state index contributed by atoms with van der Waals surface area (Å²) in [5.74, 6) is -2.01. The van der Waals surface area contributed by atoms with Gasteiger partial charge in [-0.15, -0.1) is 0 Å². The van der Waals surface area contributed by atoms with Crippen LogP contribution in [0.15, 0.2) is 59.5 Å². The van der Waals surface area contributed by atoms with Crippen molar-refractivity contribution in [2.45, 2.75) is 57.5 Å². The van der Waals surface area contributed by atoms with E-state index in [9.17, 15) is 24.3 Å². The Hall–Kier alpha value is -3.76. The van der Waals surface area contributed by atoms with E-state index in [0.717, 1.165) is 4.57 Å². The van der Waals surface area contributed by atoms with Gasteiger partial charge in [-0.25, -0.2) is 4.79 Å². The Morgan fingerprint density at radius 3 is 2.23 bits per heavy atom. The lowest BCUT2D eigenvalue weighted by Gasteiger charge is -2.28. The van der Waals surface area contributed by atoms with E-state index in [1.807, 2.05) is 20.8 Å². The third-order valence-electron chi connectivity index (χ3n) is 6.19. The van der Waals surface area contributed by atoms with E-state index in [4.69, 9.17) is 44.6 Å². The minimum absolute atomic E-state index is 0.0394. The second kappa shape index (κ2) is 13.7. The van der Waals surface area contributed by atoms with Crippen LogP contribution >= 0.6 is 11.6 Å². The van der Waals surface area contributed by atoms with Crippen LogP contribution in [-0.4, -0.2) is 68.4 Å². The van der Waals surface area contributed by atoms with Crippen LogP contribution in [0.5, 0.6) is 5.75 Å². The lowest BCUT2D eigenvalue weighted by Crippen LogP contribution is -2.39. The molecule has 1 aromatic heterocycles. The van der Waals surface area contributed by atoms with Crippen LogP contribution in [0.2, 0.25) is 5.02 Å². The molecule has 0 unspecified atom stereocenters. The maximum Gasteiger partial charge on any atom is 0.335 e. The number of hydrogen-bond donors (Lipinski definition) is 2. The zero-order valence-electron chi connectivity index (χ0n) is 24.3. The quantitative estimate of drug-likeness (QED) is 0.235. The van der Waals surface area contributed by atoms with Crippen molar-refractivity contribution in [2.75, 3.05) is 11.9 Å². The van der Waals surface area contributed by atoms with E-state index in [2.05, 4.69) is 5.32 Å². The summed E-state index contributed by atoms with van der Waals surface area (Å²) in [7, 11) is 17.3. The molecule has 0 aliphatic rings. The number of aromatic nitrogens is 1. The third kappa shape index (κ3) is 9.37. The predicted octanol–water partition coefficient (Wildman–Crippen LogP) is 4.34. The molecule has 0 spiro atoms. The van der Waals surface area contributed by atoms with Gasteiger partial charge in [0, 0.05) is 47.4 Å². The minimum atomic E-state index is -2.19. The van der Waals surface area contributed by atoms with E-state index in [1.54, 1.807) is 13.0 Å². The lowest BCUT2D eigenvalue weighted by atomic mass is 9.52. The number of hydrogen-bond acceptors (Lipinski definition) is 6. The molecule has 0 fully saturated rings. The monoisotopic (exact) mass is 598 g/mol. The first-order chi connectivity index (χ1) is 20.0. The molecule has 0 saturated heterocycles. The van der Waals surface area contributed by atoms with Gasteiger partial charge < -0.3 is 19.9 Å². The number of aromatic carboxylic acids is 1. The Morgan fingerprint density at radius 2 is 1.67 bits per heavy atom. The smallest absolute Gasteiger partial charge is 0.335 e. The van der Waals surface area contributed by atoms with Crippen LogP contribution in [-0.2, 0) is 9.53 Å². The standard InChI is InChI=1S/C30H30B3ClN2O7/c1-5-24(37)20-11-8-18(34)14-21(20)22-15-26(38)36(16-25(22)43-30(31,32)33)23(12-13-42-29(2,3)4)27(39)35-19-9-6-17(7-10-19)28(40)41/h6-11,14-16,23H,5,12-13H2,1-4H3,(H,35,39)(H,40,41)/t23-/m1/s1. The number of nitrogens with zero attached hydrogens (tertiary/aromatic N) is 1. The molecule has 13 heteroatoms. The molecule has 1 atom stereocenters. The average molecular weight is 598 g/mol. The predicted molar refractivity (Wildman–Crippen MR) is 168 cm³/mol. The number of rotatable bonds is 12. The SMILES string of the molecule is [B]C([B])([B])Oc1cn([C@H](CCOC(C)(C)C)C(=O)Nc2ccc(C(=O)O)cc2)c(=O)cc1-c1cc(Cl)ccc1C(=O)CC. The Kier molecular flexibility index (Phi) is 10.7. The Labute approximate surface area is 259 Å². The number of anilines is 1. The molecule has 0 saturated carbocycles. The van der Waals surface area contributed by atoms with E-state index < -0.39 is 34.4 Å². The van der Waals surface area contributed by atoms with Gasteiger partial charge in [0.05, 0.1) is 17.4 Å². The molecular weight excluding hydrogens is 568 g/mol. The highest BCUT2D eigenvalue weighted by molar-refractivity contribution is 6.58. The van der Waals surface area contributed by atoms with Gasteiger partial charge in [0.2, 0.25) is 5.91 Å². The number of carbonyl (C=O) groups excluding carboxylic acids is 2. The van der Waals surface area contributed by atoms with Crippen LogP contribution < -0.4 is 15.6 Å². The summed E-state index contributed by atoms with van der Waals surface area (Å²) < 4.78 is 12.6. The van der Waals surface area contributed by atoms with Gasteiger partial charge in [-0.05, 0) is 74.1 Å². The number of benzene rings is 2. The summed E-state index contributed by atoms with van der Waals surface area (Å²) >= 11 is 6.25. The van der Waals surface area contributed by atoms with E-state index in [1.165, 1.54) is 48.7 Å². The van der Waals surface area contributed by atoms with Gasteiger partial charge in [0.15, 0.2) is 5.78 Å². The van der Waals surface area contributed by atoms with Crippen molar-refractivity contribution in [3.63, 3.8) is 0 Å². The molecule has 3 rings (SSSR count). The zero-order valence-corrected chi connectivity index (χ0v) is 25.1. The number of carbonyl (C=O) groups is 3. The fraction of sp³-hybridized carbons (Fsp3) is 0.333. The highest BCUT2D eigenvalue weighted by atomic mass is 35.5. The largest absolute Gasteiger partial charge is 0.514 e. The first-order valence-corrected chi connectivity index (χ1v) is 13.8. The molecule has 2 aromatic carbocycles. The third-order valence-corrected chi connectivity index (χ3v) is 6.42. The molecule has 2 N–H and O–H groups in total. The van der Waals surface area contributed by atoms with Crippen LogP contribution in [0.3, 0.4) is 0 Å². The Balaban J connectivity index is 2.16. The van der Waals surface area contributed by atoms with Crippen LogP contribution in [0.1, 0.15) is 67.3 Å². The fourth-order valence-electron chi connectivity index (χ4n) is 4.22. The molecule has 43 heavy (non-hydrogen) atoms. The molecule has 9 nitrogen and oxygen atoms in total. The van der Waals surface area contributed by atoms with Gasteiger partial charge in [-0.1, -0.05) is 18.5 Å². The second-order valence-electron chi connectivity index (χ2n) is 10.9. The number of halogens is 1. The molecule has 218 valence electrons. The highest BCUT2D eigenvalue weighted by Gasteiger charge is 2.27. The Bertz CT molecular complexity index is 1560. The van der Waals surface area contributed by atoms with Gasteiger partial charge in [-0.3, -0.25) is 19.0 Å². The number of nitrogens with one attached hydrogen (secondary N) is 1. The fourth-order valence-corrected chi connectivity index (χ4v) is 4.39. The van der Waals surface area contributed by atoms with Crippen LogP contribution in [0.25, 0.3) is 11.1 Å². The Morgan fingerprint density at radius 1 is 1.02 bits per heavy atom. The van der Waals surface area contributed by atoms with Crippen LogP contribution in [0.4, 0.5) is 5.69 Å². The molecule has 6 radical (unpaired) electrons. The number of ether oxygens (including phenoxy) is 2. The van der Waals surface area contributed by atoms with Crippen LogP contribution in [0, 0.1) is 0 Å². The highest BCUT2D eigenvalue weighted by Crippen LogP contribution is 2.35. The lowest BCUT2D eigenvalue weighted by molar-refractivity contribution is -0.120. The van der Waals surface area contributed by atoms with Crippen molar-refractivity contribution < 1.29 is 29.0 Å². The number of ketones is 1. The number of carboxylic acids is 1. The summed E-state index contributed by atoms with van der Waals surface area (Å²) in [4.78, 5) is 51.2. The van der Waals surface area contributed by atoms with Crippen molar-refractivity contribution in [1.29, 1.82) is 0 Å². The van der Waals surface area contributed by atoms with E-state index in [-0.39, 0.29) is 47.7 Å². The summed E-state index contributed by atoms with van der Waals surface area (Å²) in [6.07, 6.45) is 1.49. The number of Topliss-reactive ketones (excluding diaryl/α,β-unsaturated/α-hetero) is 1. The zero-order chi connectivity index (χ0) is 32.1. The van der Waals surface area contributed by atoms with Gasteiger partial charge in [-0.2, -0.15) is 0 Å². The molecular formula is C30H30B3ClN2O7. The van der Waals surface area contributed by atoms with Crippen molar-refractivity contribution in [3.8, 4) is 16.9 Å². The van der Waals surface area contributed by atoms with E-state index >= 15 is 0 Å². The summed E-state index contributed by atoms with van der Waals surface area (Å²) in [6, 6.07) is 10.2. The van der Waals surface area contributed by atoms with Gasteiger partial charge in [0.25, 0.3) is 5.56 Å². The maximum absolute atomic E-state index is 13.7. The molecule has 0 bridgehead atoms.